The van der Waals surface area contributed by atoms with Gasteiger partial charge >= 0.3 is 5.97 Å². The number of rotatable bonds is 8. The van der Waals surface area contributed by atoms with Crippen LogP contribution in [-0.4, -0.2) is 30.4 Å². The Morgan fingerprint density at radius 2 is 1.83 bits per heavy atom. The molecule has 4 nitrogen and oxygen atoms in total. The van der Waals surface area contributed by atoms with E-state index in [4.69, 9.17) is 10.8 Å². The van der Waals surface area contributed by atoms with E-state index >= 15 is 0 Å². The van der Waals surface area contributed by atoms with E-state index in [1.807, 2.05) is 45.0 Å². The molecule has 2 aromatic carbocycles. The monoisotopic (exact) mass is 428 g/mol. The number of thioether (sulfide) groups is 1. The van der Waals surface area contributed by atoms with Crippen molar-refractivity contribution in [2.75, 3.05) is 30.0 Å². The third-order valence-corrected chi connectivity index (χ3v) is 5.35. The molecule has 0 radical (unpaired) electrons. The summed E-state index contributed by atoms with van der Waals surface area (Å²) in [6.07, 6.45) is 0.612. The highest BCUT2D eigenvalue weighted by Crippen LogP contribution is 2.35. The van der Waals surface area contributed by atoms with Gasteiger partial charge in [0.25, 0.3) is 0 Å². The summed E-state index contributed by atoms with van der Waals surface area (Å²) in [5, 5.41) is 8.99. The maximum atomic E-state index is 13.9. The third kappa shape index (κ3) is 6.59. The van der Waals surface area contributed by atoms with Gasteiger partial charge in [0.2, 0.25) is 0 Å². The first kappa shape index (κ1) is 24.7. The number of nitrogen functional groups attached to an aromatic ring is 1. The van der Waals surface area contributed by atoms with E-state index in [1.54, 1.807) is 11.9 Å². The Labute approximate surface area is 173 Å². The van der Waals surface area contributed by atoms with Crippen LogP contribution in [0.15, 0.2) is 35.2 Å². The number of carbonyl (C=O) groups is 1. The molecule has 0 aliphatic carbocycles. The summed E-state index contributed by atoms with van der Waals surface area (Å²) in [6.45, 7) is 5.84. The molecule has 0 amide bonds. The average molecular weight is 429 g/mol. The van der Waals surface area contributed by atoms with E-state index in [2.05, 4.69) is 0 Å². The van der Waals surface area contributed by atoms with Gasteiger partial charge in [0, 0.05) is 18.8 Å². The molecule has 3 N–H and O–H groups in total. The maximum Gasteiger partial charge on any atom is 0.323 e. The first-order valence-electron chi connectivity index (χ1n) is 9.30. The summed E-state index contributed by atoms with van der Waals surface area (Å²) in [6, 6.07) is 7.94. The fourth-order valence-electron chi connectivity index (χ4n) is 2.78. The Bertz CT molecular complexity index is 834. The summed E-state index contributed by atoms with van der Waals surface area (Å²) in [5.41, 5.74) is 6.72. The van der Waals surface area contributed by atoms with E-state index in [1.165, 1.54) is 0 Å². The lowest BCUT2D eigenvalue weighted by Gasteiger charge is -2.23. The first-order valence-corrected chi connectivity index (χ1v) is 10.3. The summed E-state index contributed by atoms with van der Waals surface area (Å²) >= 11 is 1.03. The van der Waals surface area contributed by atoms with E-state index in [0.29, 0.717) is 18.2 Å². The third-order valence-electron chi connectivity index (χ3n) is 4.21. The van der Waals surface area contributed by atoms with Crippen LogP contribution < -0.4 is 10.6 Å². The minimum atomic E-state index is -1.31. The largest absolute Gasteiger partial charge is 0.480 e. The van der Waals surface area contributed by atoms with Crippen LogP contribution in [0.5, 0.6) is 0 Å². The fourth-order valence-corrected chi connectivity index (χ4v) is 3.89. The van der Waals surface area contributed by atoms with Crippen molar-refractivity contribution in [3.05, 3.63) is 53.3 Å². The highest BCUT2D eigenvalue weighted by molar-refractivity contribution is 7.99. The molecule has 0 heterocycles. The zero-order valence-electron chi connectivity index (χ0n) is 17.0. The lowest BCUT2D eigenvalue weighted by atomic mass is 9.96. The van der Waals surface area contributed by atoms with Gasteiger partial charge in [-0.05, 0) is 29.7 Å². The summed E-state index contributed by atoms with van der Waals surface area (Å²) < 4.78 is 40.5. The van der Waals surface area contributed by atoms with Gasteiger partial charge in [-0.1, -0.05) is 39.0 Å². The minimum Gasteiger partial charge on any atom is -0.480 e. The van der Waals surface area contributed by atoms with Crippen molar-refractivity contribution in [1.29, 1.82) is 0 Å². The van der Waals surface area contributed by atoms with E-state index in [0.717, 1.165) is 23.0 Å². The predicted molar refractivity (Wildman–Crippen MR) is 113 cm³/mol. The summed E-state index contributed by atoms with van der Waals surface area (Å²) in [4.78, 5) is 12.5. The zero-order valence-corrected chi connectivity index (χ0v) is 17.8. The smallest absolute Gasteiger partial charge is 0.323 e. The van der Waals surface area contributed by atoms with Crippen LogP contribution in [0.2, 0.25) is 0 Å². The van der Waals surface area contributed by atoms with Gasteiger partial charge in [0.1, 0.15) is 12.4 Å². The van der Waals surface area contributed by atoms with Gasteiger partial charge in [-0.2, -0.15) is 0 Å². The second kappa shape index (κ2) is 11.6. The Kier molecular flexibility index (Phi) is 9.88. The second-order valence-electron chi connectivity index (χ2n) is 6.24. The topological polar surface area (TPSA) is 66.6 Å². The zero-order chi connectivity index (χ0) is 22.1. The van der Waals surface area contributed by atoms with Crippen LogP contribution in [0.25, 0.3) is 0 Å². The SMILES string of the molecule is CC.CC(CCSc1c(F)cc(F)c(F)c1N)c1ccccc1N(C)CC(=O)O. The minimum absolute atomic E-state index is 0.0412. The molecule has 0 saturated heterocycles. The number of hydrogen-bond acceptors (Lipinski definition) is 4. The van der Waals surface area contributed by atoms with Crippen molar-refractivity contribution in [2.24, 2.45) is 0 Å². The van der Waals surface area contributed by atoms with Crippen molar-refractivity contribution < 1.29 is 23.1 Å². The number of hydrogen-bond donors (Lipinski definition) is 2. The van der Waals surface area contributed by atoms with Crippen LogP contribution in [-0.2, 0) is 4.79 Å². The molecule has 2 aromatic rings. The Morgan fingerprint density at radius 3 is 2.45 bits per heavy atom. The molecular weight excluding hydrogens is 401 g/mol. The van der Waals surface area contributed by atoms with Gasteiger partial charge in [-0.3, -0.25) is 4.79 Å². The van der Waals surface area contributed by atoms with Crippen LogP contribution in [0, 0.1) is 17.5 Å². The number of aliphatic carboxylic acids is 1. The van der Waals surface area contributed by atoms with Crippen LogP contribution in [0.1, 0.15) is 38.7 Å². The molecule has 160 valence electrons. The average Bonchev–Trinajstić information content (AvgIpc) is 2.69. The molecule has 29 heavy (non-hydrogen) atoms. The summed E-state index contributed by atoms with van der Waals surface area (Å²) in [5.74, 6) is -3.89. The Morgan fingerprint density at radius 1 is 1.21 bits per heavy atom. The molecule has 0 aliphatic heterocycles. The number of para-hydroxylation sites is 1. The molecule has 1 unspecified atom stereocenters. The molecule has 0 bridgehead atoms. The molecule has 0 saturated carbocycles. The number of anilines is 2. The van der Waals surface area contributed by atoms with E-state index < -0.39 is 29.1 Å². The van der Waals surface area contributed by atoms with E-state index in [9.17, 15) is 18.0 Å². The molecule has 2 rings (SSSR count). The van der Waals surface area contributed by atoms with Crippen LogP contribution in [0.4, 0.5) is 24.5 Å². The second-order valence-corrected chi connectivity index (χ2v) is 7.35. The van der Waals surface area contributed by atoms with Gasteiger partial charge in [0.05, 0.1) is 10.6 Å². The molecular formula is C21H27F3N2O2S. The Balaban J connectivity index is 0.00000204. The summed E-state index contributed by atoms with van der Waals surface area (Å²) in [7, 11) is 1.70. The molecule has 8 heteroatoms. The highest BCUT2D eigenvalue weighted by Gasteiger charge is 2.18. The standard InChI is InChI=1S/C19H21F3N2O2S.C2H6/c1-11(12-5-3-4-6-15(12)24(2)10-16(25)26)7-8-27-19-14(21)9-13(20)17(22)18(19)23;1-2/h3-6,9,11H,7-8,10,23H2,1-2H3,(H,25,26);1-2H3. The quantitative estimate of drug-likeness (QED) is 0.329. The van der Waals surface area contributed by atoms with E-state index in [-0.39, 0.29) is 17.4 Å². The number of carboxylic acid groups (broad SMARTS) is 1. The van der Waals surface area contributed by atoms with Crippen molar-refractivity contribution in [3.63, 3.8) is 0 Å². The van der Waals surface area contributed by atoms with Crippen molar-refractivity contribution in [3.8, 4) is 0 Å². The van der Waals surface area contributed by atoms with Crippen LogP contribution in [0.3, 0.4) is 0 Å². The molecule has 0 aromatic heterocycles. The van der Waals surface area contributed by atoms with Crippen molar-refractivity contribution in [1.82, 2.24) is 0 Å². The number of halogens is 3. The normalized spacial score (nSPS) is 11.4. The maximum absolute atomic E-state index is 13.9. The highest BCUT2D eigenvalue weighted by atomic mass is 32.2. The number of likely N-dealkylation sites (N-methyl/N-ethyl adjacent to an activating group) is 1. The first-order chi connectivity index (χ1) is 13.7. The number of nitrogens with zero attached hydrogens (tertiary/aromatic N) is 1. The van der Waals surface area contributed by atoms with Crippen molar-refractivity contribution >= 4 is 29.1 Å². The van der Waals surface area contributed by atoms with Gasteiger partial charge in [0.15, 0.2) is 11.6 Å². The van der Waals surface area contributed by atoms with Gasteiger partial charge in [-0.25, -0.2) is 13.2 Å². The fraction of sp³-hybridized carbons (Fsp3) is 0.381. The van der Waals surface area contributed by atoms with Crippen LogP contribution >= 0.6 is 11.8 Å². The number of nitrogens with two attached hydrogens (primary N) is 1. The lowest BCUT2D eigenvalue weighted by Crippen LogP contribution is -2.26. The predicted octanol–water partition coefficient (Wildman–Crippen LogP) is 5.52. The Hall–Kier alpha value is -2.35. The number of carboxylic acids is 1. The van der Waals surface area contributed by atoms with Gasteiger partial charge < -0.3 is 15.7 Å². The molecule has 1 atom stereocenters. The molecule has 0 aliphatic rings. The molecule has 0 spiro atoms. The van der Waals surface area contributed by atoms with Crippen molar-refractivity contribution in [2.45, 2.75) is 38.0 Å². The van der Waals surface area contributed by atoms with Gasteiger partial charge in [-0.15, -0.1) is 11.8 Å². The molecule has 0 fully saturated rings. The lowest BCUT2D eigenvalue weighted by molar-refractivity contribution is -0.135. The number of benzene rings is 2.